The zero-order chi connectivity index (χ0) is 12.7. The van der Waals surface area contributed by atoms with Crippen molar-refractivity contribution in [3.8, 4) is 0 Å². The van der Waals surface area contributed by atoms with E-state index < -0.39 is 0 Å². The molecule has 0 saturated carbocycles. The SMILES string of the molecule is CCCCC(N)C(=O)NCc1ncc(CC)s1. The predicted molar refractivity (Wildman–Crippen MR) is 70.8 cm³/mol. The molecule has 0 aliphatic heterocycles. The molecular formula is C12H21N3OS. The van der Waals surface area contributed by atoms with Gasteiger partial charge in [-0.1, -0.05) is 26.7 Å². The zero-order valence-corrected chi connectivity index (χ0v) is 11.3. The Kier molecular flexibility index (Phi) is 6.15. The van der Waals surface area contributed by atoms with Gasteiger partial charge in [0.2, 0.25) is 5.91 Å². The Labute approximate surface area is 107 Å². The number of aryl methyl sites for hydroxylation is 1. The van der Waals surface area contributed by atoms with E-state index in [4.69, 9.17) is 5.73 Å². The number of thiazole rings is 1. The van der Waals surface area contributed by atoms with Crippen LogP contribution in [0.2, 0.25) is 0 Å². The Morgan fingerprint density at radius 3 is 2.94 bits per heavy atom. The van der Waals surface area contributed by atoms with Crippen LogP contribution in [0.5, 0.6) is 0 Å². The Bertz CT molecular complexity index is 351. The lowest BCUT2D eigenvalue weighted by molar-refractivity contribution is -0.122. The van der Waals surface area contributed by atoms with Crippen molar-refractivity contribution in [3.63, 3.8) is 0 Å². The van der Waals surface area contributed by atoms with Gasteiger partial charge in [-0.05, 0) is 12.8 Å². The van der Waals surface area contributed by atoms with Crippen LogP contribution in [0.15, 0.2) is 6.20 Å². The minimum absolute atomic E-state index is 0.0771. The maximum absolute atomic E-state index is 11.6. The van der Waals surface area contributed by atoms with Crippen LogP contribution >= 0.6 is 11.3 Å². The average molecular weight is 255 g/mol. The van der Waals surface area contributed by atoms with Crippen molar-refractivity contribution in [2.45, 2.75) is 52.1 Å². The van der Waals surface area contributed by atoms with Gasteiger partial charge in [-0.25, -0.2) is 4.98 Å². The van der Waals surface area contributed by atoms with Crippen molar-refractivity contribution in [2.24, 2.45) is 5.73 Å². The van der Waals surface area contributed by atoms with Crippen molar-refractivity contribution in [3.05, 3.63) is 16.1 Å². The van der Waals surface area contributed by atoms with E-state index in [0.29, 0.717) is 6.54 Å². The van der Waals surface area contributed by atoms with E-state index in [-0.39, 0.29) is 11.9 Å². The van der Waals surface area contributed by atoms with Crippen LogP contribution in [0.4, 0.5) is 0 Å². The molecule has 1 unspecified atom stereocenters. The van der Waals surface area contributed by atoms with Crippen molar-refractivity contribution >= 4 is 17.2 Å². The minimum Gasteiger partial charge on any atom is -0.348 e. The number of rotatable bonds is 7. The van der Waals surface area contributed by atoms with Gasteiger partial charge in [-0.2, -0.15) is 0 Å². The summed E-state index contributed by atoms with van der Waals surface area (Å²) in [6.45, 7) is 4.67. The number of aromatic nitrogens is 1. The molecule has 1 amide bonds. The van der Waals surface area contributed by atoms with E-state index in [1.165, 1.54) is 4.88 Å². The molecule has 1 heterocycles. The molecule has 0 saturated heterocycles. The number of nitrogens with two attached hydrogens (primary N) is 1. The number of nitrogens with one attached hydrogen (secondary N) is 1. The summed E-state index contributed by atoms with van der Waals surface area (Å²) in [6.07, 6.45) is 5.66. The molecule has 4 nitrogen and oxygen atoms in total. The second-order valence-corrected chi connectivity index (χ2v) is 5.24. The molecule has 1 atom stereocenters. The van der Waals surface area contributed by atoms with E-state index in [1.807, 2.05) is 6.20 Å². The third kappa shape index (κ3) is 4.83. The predicted octanol–water partition coefficient (Wildman–Crippen LogP) is 1.84. The summed E-state index contributed by atoms with van der Waals surface area (Å²) in [7, 11) is 0. The van der Waals surface area contributed by atoms with E-state index >= 15 is 0 Å². The molecule has 1 aromatic rings. The highest BCUT2D eigenvalue weighted by molar-refractivity contribution is 7.11. The van der Waals surface area contributed by atoms with Gasteiger partial charge < -0.3 is 11.1 Å². The first kappa shape index (κ1) is 14.1. The minimum atomic E-state index is -0.388. The summed E-state index contributed by atoms with van der Waals surface area (Å²) in [4.78, 5) is 17.1. The topological polar surface area (TPSA) is 68.0 Å². The standard InChI is InChI=1S/C12H21N3OS/c1-3-5-6-10(13)12(16)15-8-11-14-7-9(4-2)17-11/h7,10H,3-6,8,13H2,1-2H3,(H,15,16). The highest BCUT2D eigenvalue weighted by Crippen LogP contribution is 2.12. The zero-order valence-electron chi connectivity index (χ0n) is 10.5. The summed E-state index contributed by atoms with van der Waals surface area (Å²) >= 11 is 1.64. The van der Waals surface area contributed by atoms with Gasteiger partial charge in [0.1, 0.15) is 5.01 Å². The molecule has 0 fully saturated rings. The first-order valence-corrected chi connectivity index (χ1v) is 6.95. The number of hydrogen-bond donors (Lipinski definition) is 2. The lowest BCUT2D eigenvalue weighted by atomic mass is 10.1. The summed E-state index contributed by atoms with van der Waals surface area (Å²) in [6, 6.07) is -0.388. The van der Waals surface area contributed by atoms with E-state index in [9.17, 15) is 4.79 Å². The van der Waals surface area contributed by atoms with Gasteiger partial charge in [-0.3, -0.25) is 4.79 Å². The van der Waals surface area contributed by atoms with Gasteiger partial charge in [0.25, 0.3) is 0 Å². The lowest BCUT2D eigenvalue weighted by Crippen LogP contribution is -2.40. The molecule has 0 bridgehead atoms. The number of carbonyl (C=O) groups is 1. The Balaban J connectivity index is 2.32. The maximum atomic E-state index is 11.6. The quantitative estimate of drug-likeness (QED) is 0.781. The maximum Gasteiger partial charge on any atom is 0.237 e. The van der Waals surface area contributed by atoms with Crippen LogP contribution in [0.3, 0.4) is 0 Å². The van der Waals surface area contributed by atoms with Gasteiger partial charge in [-0.15, -0.1) is 11.3 Å². The molecule has 1 aromatic heterocycles. The molecule has 3 N–H and O–H groups in total. The highest BCUT2D eigenvalue weighted by Gasteiger charge is 2.12. The van der Waals surface area contributed by atoms with Gasteiger partial charge in [0, 0.05) is 11.1 Å². The molecule has 0 spiro atoms. The molecule has 96 valence electrons. The van der Waals surface area contributed by atoms with Crippen molar-refractivity contribution in [1.82, 2.24) is 10.3 Å². The summed E-state index contributed by atoms with van der Waals surface area (Å²) < 4.78 is 0. The van der Waals surface area contributed by atoms with Crippen LogP contribution < -0.4 is 11.1 Å². The summed E-state index contributed by atoms with van der Waals surface area (Å²) in [5, 5.41) is 3.77. The van der Waals surface area contributed by atoms with E-state index in [1.54, 1.807) is 11.3 Å². The monoisotopic (exact) mass is 255 g/mol. The molecule has 0 aliphatic rings. The molecule has 0 aromatic carbocycles. The Hall–Kier alpha value is -0.940. The molecule has 5 heteroatoms. The van der Waals surface area contributed by atoms with Gasteiger partial charge in [0.05, 0.1) is 12.6 Å². The largest absolute Gasteiger partial charge is 0.348 e. The second kappa shape index (κ2) is 7.40. The van der Waals surface area contributed by atoms with Crippen LogP contribution in [-0.2, 0) is 17.8 Å². The van der Waals surface area contributed by atoms with E-state index in [2.05, 4.69) is 24.1 Å². The van der Waals surface area contributed by atoms with Crippen LogP contribution in [0.1, 0.15) is 43.0 Å². The normalized spacial score (nSPS) is 12.4. The van der Waals surface area contributed by atoms with Gasteiger partial charge >= 0.3 is 0 Å². The van der Waals surface area contributed by atoms with E-state index in [0.717, 1.165) is 30.7 Å². The summed E-state index contributed by atoms with van der Waals surface area (Å²) in [5.41, 5.74) is 5.77. The second-order valence-electron chi connectivity index (χ2n) is 4.04. The highest BCUT2D eigenvalue weighted by atomic mass is 32.1. The third-order valence-corrected chi connectivity index (χ3v) is 3.71. The number of unbranched alkanes of at least 4 members (excludes halogenated alkanes) is 1. The van der Waals surface area contributed by atoms with Crippen molar-refractivity contribution < 1.29 is 4.79 Å². The number of nitrogens with zero attached hydrogens (tertiary/aromatic N) is 1. The van der Waals surface area contributed by atoms with Crippen molar-refractivity contribution in [1.29, 1.82) is 0 Å². The third-order valence-electron chi connectivity index (χ3n) is 2.57. The Morgan fingerprint density at radius 1 is 1.59 bits per heavy atom. The smallest absolute Gasteiger partial charge is 0.237 e. The summed E-state index contributed by atoms with van der Waals surface area (Å²) in [5.74, 6) is -0.0771. The van der Waals surface area contributed by atoms with Crippen molar-refractivity contribution in [2.75, 3.05) is 0 Å². The molecule has 1 rings (SSSR count). The molecule has 0 aliphatic carbocycles. The molecule has 0 radical (unpaired) electrons. The fourth-order valence-electron chi connectivity index (χ4n) is 1.44. The first-order chi connectivity index (χ1) is 8.17. The van der Waals surface area contributed by atoms with Crippen LogP contribution in [-0.4, -0.2) is 16.9 Å². The number of hydrogen-bond acceptors (Lipinski definition) is 4. The van der Waals surface area contributed by atoms with Gasteiger partial charge in [0.15, 0.2) is 0 Å². The average Bonchev–Trinajstić information content (AvgIpc) is 2.80. The number of amides is 1. The fraction of sp³-hybridized carbons (Fsp3) is 0.667. The molecular weight excluding hydrogens is 234 g/mol. The lowest BCUT2D eigenvalue weighted by Gasteiger charge is -2.10. The molecule has 17 heavy (non-hydrogen) atoms. The Morgan fingerprint density at radius 2 is 2.35 bits per heavy atom. The first-order valence-electron chi connectivity index (χ1n) is 6.14. The van der Waals surface area contributed by atoms with Crippen LogP contribution in [0.25, 0.3) is 0 Å². The van der Waals surface area contributed by atoms with Crippen LogP contribution in [0, 0.1) is 0 Å². The fourth-order valence-corrected chi connectivity index (χ4v) is 2.24. The number of carbonyl (C=O) groups excluding carboxylic acids is 1.